The lowest BCUT2D eigenvalue weighted by Crippen LogP contribution is -2.46. The number of anilines is 1. The van der Waals surface area contributed by atoms with Crippen LogP contribution >= 0.6 is 0 Å². The van der Waals surface area contributed by atoms with Crippen LogP contribution in [0.1, 0.15) is 29.0 Å². The van der Waals surface area contributed by atoms with E-state index in [9.17, 15) is 39.9 Å². The number of hydrogen-bond acceptors (Lipinski definition) is 3. The first-order valence-electron chi connectivity index (χ1n) is 9.01. The van der Waals surface area contributed by atoms with Gasteiger partial charge in [-0.1, -0.05) is 6.07 Å². The number of benzene rings is 2. The molecule has 0 saturated carbocycles. The number of halogens is 8. The molecule has 170 valence electrons. The second-order valence-corrected chi connectivity index (χ2v) is 7.11. The van der Waals surface area contributed by atoms with Crippen LogP contribution in [0, 0.1) is 23.0 Å². The SMILES string of the molecule is N#Cc1ccc(C2CC(C(=O)Nc3ccc(F)c(F)c3)NC2C(F)(F)F)cc1C(F)(F)F. The summed E-state index contributed by atoms with van der Waals surface area (Å²) >= 11 is 0. The Morgan fingerprint density at radius 2 is 1.72 bits per heavy atom. The zero-order valence-corrected chi connectivity index (χ0v) is 15.8. The van der Waals surface area contributed by atoms with Crippen molar-refractivity contribution in [3.8, 4) is 6.07 Å². The average molecular weight is 463 g/mol. The van der Waals surface area contributed by atoms with Crippen LogP contribution < -0.4 is 10.6 Å². The van der Waals surface area contributed by atoms with Crippen molar-refractivity contribution >= 4 is 11.6 Å². The Morgan fingerprint density at radius 1 is 1.03 bits per heavy atom. The van der Waals surface area contributed by atoms with E-state index in [1.807, 2.05) is 0 Å². The van der Waals surface area contributed by atoms with Crippen molar-refractivity contribution in [3.63, 3.8) is 0 Å². The number of nitrogens with zero attached hydrogens (tertiary/aromatic N) is 1. The van der Waals surface area contributed by atoms with Crippen LogP contribution in [0.25, 0.3) is 0 Å². The summed E-state index contributed by atoms with van der Waals surface area (Å²) in [5.74, 6) is -5.05. The van der Waals surface area contributed by atoms with Crippen LogP contribution in [0.4, 0.5) is 40.8 Å². The van der Waals surface area contributed by atoms with Crippen LogP contribution in [-0.2, 0) is 11.0 Å². The van der Waals surface area contributed by atoms with Crippen molar-refractivity contribution in [2.75, 3.05) is 5.32 Å². The summed E-state index contributed by atoms with van der Waals surface area (Å²) in [5.41, 5.74) is -2.69. The Balaban J connectivity index is 1.90. The van der Waals surface area contributed by atoms with Gasteiger partial charge < -0.3 is 5.32 Å². The molecule has 2 aromatic rings. The molecule has 3 atom stereocenters. The van der Waals surface area contributed by atoms with Gasteiger partial charge in [-0.15, -0.1) is 0 Å². The molecule has 0 aromatic heterocycles. The number of alkyl halides is 6. The molecule has 3 rings (SSSR count). The van der Waals surface area contributed by atoms with Crippen molar-refractivity contribution in [3.05, 3.63) is 64.7 Å². The second kappa shape index (κ2) is 8.38. The predicted molar refractivity (Wildman–Crippen MR) is 95.3 cm³/mol. The highest BCUT2D eigenvalue weighted by atomic mass is 19.4. The van der Waals surface area contributed by atoms with Gasteiger partial charge in [0.2, 0.25) is 5.91 Å². The first-order valence-corrected chi connectivity index (χ1v) is 9.01. The van der Waals surface area contributed by atoms with Crippen LogP contribution in [0.3, 0.4) is 0 Å². The van der Waals surface area contributed by atoms with E-state index in [1.54, 1.807) is 0 Å². The van der Waals surface area contributed by atoms with Gasteiger partial charge >= 0.3 is 12.4 Å². The highest BCUT2D eigenvalue weighted by Crippen LogP contribution is 2.42. The monoisotopic (exact) mass is 463 g/mol. The molecule has 1 aliphatic rings. The third kappa shape index (κ3) is 4.83. The van der Waals surface area contributed by atoms with E-state index < -0.39 is 65.4 Å². The molecule has 2 aromatic carbocycles. The Labute approximate surface area is 175 Å². The van der Waals surface area contributed by atoms with Crippen molar-refractivity contribution in [1.29, 1.82) is 5.26 Å². The summed E-state index contributed by atoms with van der Waals surface area (Å²) in [6.45, 7) is 0. The zero-order valence-electron chi connectivity index (χ0n) is 15.8. The lowest BCUT2D eigenvalue weighted by molar-refractivity contribution is -0.156. The van der Waals surface area contributed by atoms with Crippen molar-refractivity contribution in [1.82, 2.24) is 5.32 Å². The predicted octanol–water partition coefficient (Wildman–Crippen LogP) is 4.87. The van der Waals surface area contributed by atoms with Crippen LogP contribution in [0.15, 0.2) is 36.4 Å². The number of rotatable bonds is 3. The van der Waals surface area contributed by atoms with Gasteiger partial charge in [0, 0.05) is 17.7 Å². The molecule has 1 heterocycles. The second-order valence-electron chi connectivity index (χ2n) is 7.11. The van der Waals surface area contributed by atoms with E-state index in [0.717, 1.165) is 18.2 Å². The van der Waals surface area contributed by atoms with Crippen molar-refractivity contribution in [2.45, 2.75) is 36.8 Å². The summed E-state index contributed by atoms with van der Waals surface area (Å²) in [6.07, 6.45) is -10.4. The minimum Gasteiger partial charge on any atom is -0.325 e. The maximum absolute atomic E-state index is 13.6. The Bertz CT molecular complexity index is 1070. The molecule has 0 radical (unpaired) electrons. The van der Waals surface area contributed by atoms with E-state index in [0.29, 0.717) is 18.2 Å². The first-order chi connectivity index (χ1) is 14.8. The van der Waals surface area contributed by atoms with Crippen LogP contribution in [-0.4, -0.2) is 24.2 Å². The van der Waals surface area contributed by atoms with Gasteiger partial charge in [0.25, 0.3) is 0 Å². The molecule has 0 bridgehead atoms. The number of nitriles is 1. The Morgan fingerprint density at radius 3 is 2.28 bits per heavy atom. The minimum absolute atomic E-state index is 0.208. The van der Waals surface area contributed by atoms with Gasteiger partial charge in [0.05, 0.1) is 23.2 Å². The van der Waals surface area contributed by atoms with Gasteiger partial charge in [-0.25, -0.2) is 8.78 Å². The smallest absolute Gasteiger partial charge is 0.325 e. The standard InChI is InChI=1S/C20H13F8N3O/c21-14-4-3-11(6-15(14)22)30-18(32)16-7-12(17(31-16)20(26,27)28)9-1-2-10(8-29)13(5-9)19(23,24)25/h1-6,12,16-17,31H,7H2,(H,30,32). The average Bonchev–Trinajstić information content (AvgIpc) is 3.16. The maximum atomic E-state index is 13.6. The summed E-state index contributed by atoms with van der Waals surface area (Å²) in [6, 6.07) is 2.09. The van der Waals surface area contributed by atoms with E-state index in [-0.39, 0.29) is 11.3 Å². The summed E-state index contributed by atoms with van der Waals surface area (Å²) in [5, 5.41) is 13.1. The normalized spacial score (nSPS) is 21.3. The zero-order chi connectivity index (χ0) is 23.8. The van der Waals surface area contributed by atoms with Gasteiger partial charge in [-0.2, -0.15) is 31.6 Å². The summed E-state index contributed by atoms with van der Waals surface area (Å²) < 4.78 is 107. The molecular weight excluding hydrogens is 450 g/mol. The quantitative estimate of drug-likeness (QED) is 0.639. The largest absolute Gasteiger partial charge is 0.417 e. The fraction of sp³-hybridized carbons (Fsp3) is 0.300. The first kappa shape index (κ1) is 23.5. The van der Waals surface area contributed by atoms with Crippen molar-refractivity contribution in [2.24, 2.45) is 0 Å². The summed E-state index contributed by atoms with van der Waals surface area (Å²) in [4.78, 5) is 12.4. The molecule has 1 saturated heterocycles. The summed E-state index contributed by atoms with van der Waals surface area (Å²) in [7, 11) is 0. The third-order valence-electron chi connectivity index (χ3n) is 5.03. The molecule has 12 heteroatoms. The Kier molecular flexibility index (Phi) is 6.15. The third-order valence-corrected chi connectivity index (χ3v) is 5.03. The van der Waals surface area contributed by atoms with Gasteiger partial charge in [0.1, 0.15) is 6.04 Å². The number of nitrogens with one attached hydrogen (secondary N) is 2. The number of amides is 1. The fourth-order valence-corrected chi connectivity index (χ4v) is 3.55. The molecule has 4 nitrogen and oxygen atoms in total. The number of carbonyl (C=O) groups is 1. The molecule has 2 N–H and O–H groups in total. The van der Waals surface area contributed by atoms with E-state index in [4.69, 9.17) is 5.26 Å². The van der Waals surface area contributed by atoms with E-state index in [1.165, 1.54) is 6.07 Å². The lowest BCUT2D eigenvalue weighted by atomic mass is 9.88. The molecule has 0 spiro atoms. The van der Waals surface area contributed by atoms with Gasteiger partial charge in [-0.05, 0) is 36.2 Å². The van der Waals surface area contributed by atoms with Crippen LogP contribution in [0.2, 0.25) is 0 Å². The van der Waals surface area contributed by atoms with E-state index >= 15 is 0 Å². The molecule has 1 amide bonds. The lowest BCUT2D eigenvalue weighted by Gasteiger charge is -2.23. The fourth-order valence-electron chi connectivity index (χ4n) is 3.55. The number of carbonyl (C=O) groups excluding carboxylic acids is 1. The molecule has 32 heavy (non-hydrogen) atoms. The maximum Gasteiger partial charge on any atom is 0.417 e. The molecule has 0 aliphatic carbocycles. The minimum atomic E-state index is -4.97. The van der Waals surface area contributed by atoms with Crippen molar-refractivity contribution < 1.29 is 39.9 Å². The highest BCUT2D eigenvalue weighted by molar-refractivity contribution is 5.95. The van der Waals surface area contributed by atoms with Gasteiger partial charge in [0.15, 0.2) is 11.6 Å². The molecular formula is C20H13F8N3O. The topological polar surface area (TPSA) is 64.9 Å². The number of hydrogen-bond donors (Lipinski definition) is 2. The molecule has 3 unspecified atom stereocenters. The van der Waals surface area contributed by atoms with Gasteiger partial charge in [-0.3, -0.25) is 10.1 Å². The Hall–Kier alpha value is -3.20. The van der Waals surface area contributed by atoms with E-state index in [2.05, 4.69) is 10.6 Å². The highest BCUT2D eigenvalue weighted by Gasteiger charge is 2.52. The molecule has 1 aliphatic heterocycles. The van der Waals surface area contributed by atoms with Crippen LogP contribution in [0.5, 0.6) is 0 Å². The molecule has 1 fully saturated rings.